The van der Waals surface area contributed by atoms with E-state index in [1.807, 2.05) is 6.92 Å². The lowest BCUT2D eigenvalue weighted by Gasteiger charge is -2.13. The highest BCUT2D eigenvalue weighted by molar-refractivity contribution is 6.30. The van der Waals surface area contributed by atoms with E-state index >= 15 is 0 Å². The van der Waals surface area contributed by atoms with Gasteiger partial charge in [-0.25, -0.2) is 0 Å². The van der Waals surface area contributed by atoms with Crippen LogP contribution in [0.5, 0.6) is 0 Å². The summed E-state index contributed by atoms with van der Waals surface area (Å²) in [5.74, 6) is -0.0412. The molecule has 0 saturated carbocycles. The molecule has 1 rings (SSSR count). The SMILES string of the molecule is CCCCCCC(C)NC(=O)c1cccc(Cl)c1. The van der Waals surface area contributed by atoms with Gasteiger partial charge in [-0.2, -0.15) is 0 Å². The number of halogens is 1. The Kier molecular flexibility index (Phi) is 6.81. The van der Waals surface area contributed by atoms with Crippen LogP contribution in [0.3, 0.4) is 0 Å². The Morgan fingerprint density at radius 3 is 2.78 bits per heavy atom. The molecule has 1 atom stereocenters. The Morgan fingerprint density at radius 1 is 1.33 bits per heavy atom. The molecule has 0 saturated heterocycles. The highest BCUT2D eigenvalue weighted by atomic mass is 35.5. The molecule has 1 aromatic carbocycles. The molecule has 0 bridgehead atoms. The minimum absolute atomic E-state index is 0.0412. The Bertz CT molecular complexity index is 379. The number of carbonyl (C=O) groups excluding carboxylic acids is 1. The number of hydrogen-bond acceptors (Lipinski definition) is 1. The average molecular weight is 268 g/mol. The Labute approximate surface area is 115 Å². The van der Waals surface area contributed by atoms with Gasteiger partial charge >= 0.3 is 0 Å². The first-order valence-corrected chi connectivity index (χ1v) is 7.07. The van der Waals surface area contributed by atoms with Crippen LogP contribution in [0.4, 0.5) is 0 Å². The summed E-state index contributed by atoms with van der Waals surface area (Å²) in [5, 5.41) is 3.60. The molecule has 18 heavy (non-hydrogen) atoms. The third-order valence-corrected chi connectivity index (χ3v) is 3.19. The highest BCUT2D eigenvalue weighted by Crippen LogP contribution is 2.11. The number of hydrogen-bond donors (Lipinski definition) is 1. The third-order valence-electron chi connectivity index (χ3n) is 2.95. The van der Waals surface area contributed by atoms with Crippen molar-refractivity contribution in [3.8, 4) is 0 Å². The lowest BCUT2D eigenvalue weighted by molar-refractivity contribution is 0.0938. The second kappa shape index (κ2) is 8.15. The molecule has 1 aromatic rings. The monoisotopic (exact) mass is 267 g/mol. The summed E-state index contributed by atoms with van der Waals surface area (Å²) in [4.78, 5) is 11.9. The number of carbonyl (C=O) groups is 1. The molecular formula is C15H22ClNO. The van der Waals surface area contributed by atoms with Gasteiger partial charge in [-0.3, -0.25) is 4.79 Å². The lowest BCUT2D eigenvalue weighted by atomic mass is 10.1. The molecule has 0 aliphatic rings. The third kappa shape index (κ3) is 5.54. The highest BCUT2D eigenvalue weighted by Gasteiger charge is 2.09. The van der Waals surface area contributed by atoms with Gasteiger partial charge in [0.05, 0.1) is 0 Å². The quantitative estimate of drug-likeness (QED) is 0.728. The molecular weight excluding hydrogens is 246 g/mol. The summed E-state index contributed by atoms with van der Waals surface area (Å²) < 4.78 is 0. The minimum atomic E-state index is -0.0412. The van der Waals surface area contributed by atoms with E-state index in [0.29, 0.717) is 10.6 Å². The van der Waals surface area contributed by atoms with E-state index in [9.17, 15) is 4.79 Å². The molecule has 0 radical (unpaired) electrons. The maximum atomic E-state index is 11.9. The van der Waals surface area contributed by atoms with Gasteiger partial charge in [0.2, 0.25) is 0 Å². The largest absolute Gasteiger partial charge is 0.350 e. The Balaban J connectivity index is 2.35. The molecule has 0 aliphatic heterocycles. The van der Waals surface area contributed by atoms with Crippen LogP contribution in [0.2, 0.25) is 5.02 Å². The van der Waals surface area contributed by atoms with E-state index in [2.05, 4.69) is 12.2 Å². The van der Waals surface area contributed by atoms with E-state index in [-0.39, 0.29) is 11.9 Å². The summed E-state index contributed by atoms with van der Waals surface area (Å²) >= 11 is 5.86. The molecule has 100 valence electrons. The van der Waals surface area contributed by atoms with Crippen LogP contribution in [0.25, 0.3) is 0 Å². The maximum Gasteiger partial charge on any atom is 0.251 e. The van der Waals surface area contributed by atoms with Crippen LogP contribution in [-0.4, -0.2) is 11.9 Å². The van der Waals surface area contributed by atoms with Crippen molar-refractivity contribution in [2.45, 2.75) is 52.0 Å². The number of amides is 1. The van der Waals surface area contributed by atoms with Crippen LogP contribution in [-0.2, 0) is 0 Å². The van der Waals surface area contributed by atoms with E-state index in [1.165, 1.54) is 25.7 Å². The second-order valence-corrected chi connectivity index (χ2v) is 5.17. The normalized spacial score (nSPS) is 12.2. The van der Waals surface area contributed by atoms with Crippen molar-refractivity contribution in [2.75, 3.05) is 0 Å². The first-order valence-electron chi connectivity index (χ1n) is 6.70. The van der Waals surface area contributed by atoms with Crippen LogP contribution >= 0.6 is 11.6 Å². The number of nitrogens with one attached hydrogen (secondary N) is 1. The zero-order valence-electron chi connectivity index (χ0n) is 11.2. The van der Waals surface area contributed by atoms with Gasteiger partial charge in [-0.1, -0.05) is 50.3 Å². The van der Waals surface area contributed by atoms with Gasteiger partial charge in [0, 0.05) is 16.6 Å². The molecule has 0 heterocycles. The predicted octanol–water partition coefficient (Wildman–Crippen LogP) is 4.43. The summed E-state index contributed by atoms with van der Waals surface area (Å²) in [6.07, 6.45) is 5.96. The van der Waals surface area contributed by atoms with Crippen molar-refractivity contribution in [1.82, 2.24) is 5.32 Å². The smallest absolute Gasteiger partial charge is 0.251 e. The average Bonchev–Trinajstić information content (AvgIpc) is 2.34. The van der Waals surface area contributed by atoms with Gasteiger partial charge in [0.1, 0.15) is 0 Å². The number of benzene rings is 1. The van der Waals surface area contributed by atoms with Gasteiger partial charge in [-0.05, 0) is 31.5 Å². The molecule has 0 aliphatic carbocycles. The maximum absolute atomic E-state index is 11.9. The van der Waals surface area contributed by atoms with Gasteiger partial charge in [0.25, 0.3) is 5.91 Å². The van der Waals surface area contributed by atoms with Crippen LogP contribution in [0.15, 0.2) is 24.3 Å². The molecule has 1 unspecified atom stereocenters. The fourth-order valence-corrected chi connectivity index (χ4v) is 2.08. The molecule has 0 fully saturated rings. The summed E-state index contributed by atoms with van der Waals surface area (Å²) in [5.41, 5.74) is 0.628. The van der Waals surface area contributed by atoms with Gasteiger partial charge in [-0.15, -0.1) is 0 Å². The summed E-state index contributed by atoms with van der Waals surface area (Å²) in [6, 6.07) is 7.26. The summed E-state index contributed by atoms with van der Waals surface area (Å²) in [7, 11) is 0. The van der Waals surface area contributed by atoms with E-state index in [1.54, 1.807) is 24.3 Å². The van der Waals surface area contributed by atoms with Crippen molar-refractivity contribution < 1.29 is 4.79 Å². The van der Waals surface area contributed by atoms with Crippen molar-refractivity contribution >= 4 is 17.5 Å². The van der Waals surface area contributed by atoms with Crippen molar-refractivity contribution in [1.29, 1.82) is 0 Å². The number of rotatable bonds is 7. The zero-order chi connectivity index (χ0) is 13.4. The molecule has 0 spiro atoms. The van der Waals surface area contributed by atoms with E-state index in [0.717, 1.165) is 6.42 Å². The van der Waals surface area contributed by atoms with Crippen LogP contribution < -0.4 is 5.32 Å². The molecule has 2 nitrogen and oxygen atoms in total. The first-order chi connectivity index (χ1) is 8.63. The van der Waals surface area contributed by atoms with Crippen LogP contribution in [0, 0.1) is 0 Å². The Hall–Kier alpha value is -1.02. The van der Waals surface area contributed by atoms with Crippen LogP contribution in [0.1, 0.15) is 56.3 Å². The zero-order valence-corrected chi connectivity index (χ0v) is 12.0. The molecule has 1 amide bonds. The fraction of sp³-hybridized carbons (Fsp3) is 0.533. The van der Waals surface area contributed by atoms with Crippen molar-refractivity contribution in [3.05, 3.63) is 34.9 Å². The molecule has 1 N–H and O–H groups in total. The topological polar surface area (TPSA) is 29.1 Å². The molecule has 0 aromatic heterocycles. The number of unbranched alkanes of at least 4 members (excludes halogenated alkanes) is 3. The molecule has 3 heteroatoms. The van der Waals surface area contributed by atoms with Crippen molar-refractivity contribution in [3.63, 3.8) is 0 Å². The standard InChI is InChI=1S/C15H22ClNO/c1-3-4-5-6-8-12(2)17-15(18)13-9-7-10-14(16)11-13/h7,9-12H,3-6,8H2,1-2H3,(H,17,18). The predicted molar refractivity (Wildman–Crippen MR) is 77.1 cm³/mol. The van der Waals surface area contributed by atoms with E-state index < -0.39 is 0 Å². The fourth-order valence-electron chi connectivity index (χ4n) is 1.89. The summed E-state index contributed by atoms with van der Waals surface area (Å²) in [6.45, 7) is 4.25. The second-order valence-electron chi connectivity index (χ2n) is 4.73. The minimum Gasteiger partial charge on any atom is -0.350 e. The lowest BCUT2D eigenvalue weighted by Crippen LogP contribution is -2.32. The van der Waals surface area contributed by atoms with E-state index in [4.69, 9.17) is 11.6 Å². The first kappa shape index (κ1) is 15.0. The Morgan fingerprint density at radius 2 is 2.11 bits per heavy atom. The van der Waals surface area contributed by atoms with Crippen molar-refractivity contribution in [2.24, 2.45) is 0 Å². The van der Waals surface area contributed by atoms with Gasteiger partial charge < -0.3 is 5.32 Å². The van der Waals surface area contributed by atoms with Gasteiger partial charge in [0.15, 0.2) is 0 Å².